The number of ether oxygens (including phenoxy) is 1. The zero-order chi connectivity index (χ0) is 12.0. The molecule has 1 heterocycles. The van der Waals surface area contributed by atoms with Crippen LogP contribution in [-0.2, 0) is 14.8 Å². The normalized spacial score (nSPS) is 22.9. The van der Waals surface area contributed by atoms with Crippen LogP contribution in [0.1, 0.15) is 6.92 Å². The Morgan fingerprint density at radius 2 is 2.38 bits per heavy atom. The first kappa shape index (κ1) is 13.4. The molecule has 1 rings (SSSR count). The molecule has 1 unspecified atom stereocenters. The second-order valence-corrected chi connectivity index (χ2v) is 5.46. The van der Waals surface area contributed by atoms with E-state index in [4.69, 9.17) is 10.00 Å². The molecule has 0 aromatic heterocycles. The van der Waals surface area contributed by atoms with Crippen LogP contribution >= 0.6 is 0 Å². The third-order valence-electron chi connectivity index (χ3n) is 2.46. The maximum absolute atomic E-state index is 11.2. The Labute approximate surface area is 96.2 Å². The topological polar surface area (TPSA) is 82.4 Å². The molecule has 1 aliphatic rings. The van der Waals surface area contributed by atoms with E-state index in [-0.39, 0.29) is 12.6 Å². The minimum absolute atomic E-state index is 0.123. The molecular weight excluding hydrogens is 230 g/mol. The number of rotatable bonds is 5. The maximum atomic E-state index is 11.2. The highest BCUT2D eigenvalue weighted by atomic mass is 32.2. The van der Waals surface area contributed by atoms with Gasteiger partial charge in [0.1, 0.15) is 0 Å². The van der Waals surface area contributed by atoms with Crippen molar-refractivity contribution in [1.82, 2.24) is 9.62 Å². The van der Waals surface area contributed by atoms with E-state index in [2.05, 4.69) is 16.5 Å². The van der Waals surface area contributed by atoms with Crippen molar-refractivity contribution in [3.05, 3.63) is 0 Å². The highest BCUT2D eigenvalue weighted by Gasteiger charge is 2.21. The second-order valence-electron chi connectivity index (χ2n) is 3.65. The molecule has 16 heavy (non-hydrogen) atoms. The van der Waals surface area contributed by atoms with E-state index in [1.54, 1.807) is 6.07 Å². The molecule has 1 N–H and O–H groups in total. The Hall–Kier alpha value is -0.680. The summed E-state index contributed by atoms with van der Waals surface area (Å²) in [6.45, 7) is 5.47. The predicted molar refractivity (Wildman–Crippen MR) is 59.3 cm³/mol. The quantitative estimate of drug-likeness (QED) is 0.684. The molecule has 0 aliphatic carbocycles. The summed E-state index contributed by atoms with van der Waals surface area (Å²) in [6.07, 6.45) is -0.123. The molecular formula is C9H17N3O3S. The molecule has 0 aromatic carbocycles. The highest BCUT2D eigenvalue weighted by Crippen LogP contribution is 2.04. The van der Waals surface area contributed by atoms with Crippen molar-refractivity contribution in [1.29, 1.82) is 5.26 Å². The van der Waals surface area contributed by atoms with Crippen molar-refractivity contribution in [2.75, 3.05) is 38.5 Å². The molecule has 1 aliphatic heterocycles. The van der Waals surface area contributed by atoms with E-state index in [9.17, 15) is 8.42 Å². The fourth-order valence-electron chi connectivity index (χ4n) is 1.55. The Morgan fingerprint density at radius 3 is 3.00 bits per heavy atom. The van der Waals surface area contributed by atoms with Crippen molar-refractivity contribution in [3.8, 4) is 6.07 Å². The van der Waals surface area contributed by atoms with E-state index >= 15 is 0 Å². The molecule has 0 spiro atoms. The van der Waals surface area contributed by atoms with Gasteiger partial charge >= 0.3 is 0 Å². The summed E-state index contributed by atoms with van der Waals surface area (Å²) >= 11 is 0. The molecule has 1 fully saturated rings. The smallest absolute Gasteiger partial charge is 0.225 e. The van der Waals surface area contributed by atoms with E-state index in [1.807, 2.05) is 0 Å². The summed E-state index contributed by atoms with van der Waals surface area (Å²) < 4.78 is 30.2. The average Bonchev–Trinajstić information content (AvgIpc) is 2.27. The van der Waals surface area contributed by atoms with E-state index in [0.29, 0.717) is 6.61 Å². The Bertz CT molecular complexity index is 350. The fraction of sp³-hybridized carbons (Fsp3) is 0.889. The minimum atomic E-state index is -3.46. The van der Waals surface area contributed by atoms with Gasteiger partial charge in [0.05, 0.1) is 18.8 Å². The number of morpholine rings is 1. The van der Waals surface area contributed by atoms with E-state index in [0.717, 1.165) is 19.6 Å². The molecule has 92 valence electrons. The summed E-state index contributed by atoms with van der Waals surface area (Å²) in [5, 5.41) is 8.31. The zero-order valence-electron chi connectivity index (χ0n) is 9.35. The maximum Gasteiger partial charge on any atom is 0.225 e. The summed E-state index contributed by atoms with van der Waals surface area (Å²) in [5.74, 6) is -0.503. The van der Waals surface area contributed by atoms with Crippen LogP contribution in [0.25, 0.3) is 0 Å². The monoisotopic (exact) mass is 247 g/mol. The van der Waals surface area contributed by atoms with Gasteiger partial charge in [0.15, 0.2) is 5.75 Å². The van der Waals surface area contributed by atoms with Crippen LogP contribution in [0.5, 0.6) is 0 Å². The van der Waals surface area contributed by atoms with Crippen LogP contribution in [-0.4, -0.2) is 58.0 Å². The van der Waals surface area contributed by atoms with Gasteiger partial charge in [-0.1, -0.05) is 6.92 Å². The predicted octanol–water partition coefficient (Wildman–Crippen LogP) is -0.850. The molecule has 0 aromatic rings. The number of nitrogens with zero attached hydrogens (tertiary/aromatic N) is 2. The van der Waals surface area contributed by atoms with Crippen molar-refractivity contribution in [2.24, 2.45) is 0 Å². The van der Waals surface area contributed by atoms with Gasteiger partial charge in [-0.25, -0.2) is 13.1 Å². The summed E-state index contributed by atoms with van der Waals surface area (Å²) in [7, 11) is -3.46. The lowest BCUT2D eigenvalue weighted by Crippen LogP contribution is -2.47. The third-order valence-corrected chi connectivity index (χ3v) is 3.57. The minimum Gasteiger partial charge on any atom is -0.374 e. The zero-order valence-corrected chi connectivity index (χ0v) is 10.2. The number of likely N-dealkylation sites (N-methyl/N-ethyl adjacent to an activating group) is 1. The van der Waals surface area contributed by atoms with Crippen LogP contribution in [0.2, 0.25) is 0 Å². The van der Waals surface area contributed by atoms with Crippen LogP contribution in [0.4, 0.5) is 0 Å². The number of sulfonamides is 1. The van der Waals surface area contributed by atoms with Crippen LogP contribution in [0.15, 0.2) is 0 Å². The lowest BCUT2D eigenvalue weighted by Gasteiger charge is -2.31. The van der Waals surface area contributed by atoms with Gasteiger partial charge in [-0.15, -0.1) is 0 Å². The summed E-state index contributed by atoms with van der Waals surface area (Å²) in [4.78, 5) is 2.20. The van der Waals surface area contributed by atoms with E-state index < -0.39 is 15.8 Å². The van der Waals surface area contributed by atoms with Crippen molar-refractivity contribution in [3.63, 3.8) is 0 Å². The first-order valence-corrected chi connectivity index (χ1v) is 6.91. The number of hydrogen-bond donors (Lipinski definition) is 1. The summed E-state index contributed by atoms with van der Waals surface area (Å²) in [6, 6.07) is 1.61. The van der Waals surface area contributed by atoms with E-state index in [1.165, 1.54) is 0 Å². The molecule has 0 amide bonds. The Balaban J connectivity index is 2.35. The highest BCUT2D eigenvalue weighted by molar-refractivity contribution is 7.89. The first-order chi connectivity index (χ1) is 7.57. The lowest BCUT2D eigenvalue weighted by molar-refractivity contribution is -0.0229. The molecule has 1 saturated heterocycles. The molecule has 0 saturated carbocycles. The van der Waals surface area contributed by atoms with Gasteiger partial charge in [0.25, 0.3) is 0 Å². The second kappa shape index (κ2) is 6.15. The van der Waals surface area contributed by atoms with Gasteiger partial charge in [-0.2, -0.15) is 5.26 Å². The molecule has 7 heteroatoms. The van der Waals surface area contributed by atoms with Crippen molar-refractivity contribution >= 4 is 10.0 Å². The first-order valence-electron chi connectivity index (χ1n) is 5.25. The Kier molecular flexibility index (Phi) is 5.15. The van der Waals surface area contributed by atoms with Gasteiger partial charge in [0, 0.05) is 19.6 Å². The van der Waals surface area contributed by atoms with Crippen LogP contribution in [0, 0.1) is 11.3 Å². The van der Waals surface area contributed by atoms with Gasteiger partial charge in [0.2, 0.25) is 10.0 Å². The van der Waals surface area contributed by atoms with Gasteiger partial charge < -0.3 is 4.74 Å². The van der Waals surface area contributed by atoms with Gasteiger partial charge in [-0.05, 0) is 6.54 Å². The molecule has 0 radical (unpaired) electrons. The van der Waals surface area contributed by atoms with Crippen LogP contribution < -0.4 is 4.72 Å². The molecule has 6 nitrogen and oxygen atoms in total. The largest absolute Gasteiger partial charge is 0.374 e. The van der Waals surface area contributed by atoms with Gasteiger partial charge in [-0.3, -0.25) is 4.90 Å². The summed E-state index contributed by atoms with van der Waals surface area (Å²) in [5.41, 5.74) is 0. The Morgan fingerprint density at radius 1 is 1.62 bits per heavy atom. The van der Waals surface area contributed by atoms with Crippen molar-refractivity contribution in [2.45, 2.75) is 13.0 Å². The standard InChI is InChI=1S/C9H17N3O3S/c1-2-12-4-5-15-9(8-12)7-11-16(13,14)6-3-10/h9,11H,2,4-8H2,1H3. The third kappa shape index (κ3) is 4.45. The molecule has 0 bridgehead atoms. The van der Waals surface area contributed by atoms with Crippen LogP contribution in [0.3, 0.4) is 0 Å². The fourth-order valence-corrected chi connectivity index (χ4v) is 2.26. The van der Waals surface area contributed by atoms with Crippen molar-refractivity contribution < 1.29 is 13.2 Å². The molecule has 1 atom stereocenters. The lowest BCUT2D eigenvalue weighted by atomic mass is 10.3. The number of nitriles is 1. The average molecular weight is 247 g/mol. The SMILES string of the molecule is CCN1CCOC(CNS(=O)(=O)CC#N)C1. The number of hydrogen-bond acceptors (Lipinski definition) is 5. The number of nitrogens with one attached hydrogen (secondary N) is 1.